The minimum Gasteiger partial charge on any atom is -0.477 e. The highest BCUT2D eigenvalue weighted by atomic mass is 16.8. The predicted molar refractivity (Wildman–Crippen MR) is 433 cm³/mol. The fraction of sp³-hybridized carbons (Fsp3) is 0.910. The molecule has 144 heavy (non-hydrogen) atoms. The molecular weight excluding hydrogens is 1990 g/mol. The number of hydrogen-bond donors (Lipinski definition) is 40. The number of carbonyl (C=O) groups is 7. The third-order valence-corrected chi connectivity index (χ3v) is 25.9. The Kier molecular flexibility index (Phi) is 41.9. The van der Waals surface area contributed by atoms with Gasteiger partial charge < -0.3 is 295 Å². The van der Waals surface area contributed by atoms with Crippen molar-refractivity contribution in [3.63, 3.8) is 0 Å². The van der Waals surface area contributed by atoms with Crippen LogP contribution in [-0.2, 0) is 124 Å². The average Bonchev–Trinajstić information content (AvgIpc) is 0.739. The van der Waals surface area contributed by atoms with Gasteiger partial charge in [-0.3, -0.25) is 14.4 Å². The van der Waals surface area contributed by atoms with Crippen molar-refractivity contribution < 1.29 is 313 Å². The summed E-state index contributed by atoms with van der Waals surface area (Å²) in [5.41, 5.74) is 0. The molecule has 0 bridgehead atoms. The van der Waals surface area contributed by atoms with Crippen molar-refractivity contribution in [3.05, 3.63) is 0 Å². The van der Waals surface area contributed by atoms with Gasteiger partial charge in [0.25, 0.3) is 23.1 Å². The number of hydrogen-bond acceptors (Lipinski definition) is 59. The SMILES string of the molecule is CC(=O)N[C@H]1[C@H](O[C@@H]2[C@H](O)[C@@H](O)[C@H](O[C@@H]3[C@H](O)[C@@H](O[C@@H]4[C@H](O)[C@@H](O[C@H]5[C@@H]([C@H](O)CO)O[C@@](O)(C(=O)O)C[C@H]5O[C@]5(C(=O)O)C[C@@H](O)[C@@H](O)[C@@H]([C@H](O)CO)O5)O[C@H]([C@@H](O)CO)[C@H]4O[C@@H]4O[C@H](CO)[C@@H](O)[C@H](O)[C@H]4O)O[C@H](C(O)CO)[C@H]3O)O[C@@H]2CO)O[C@H](CO)[C@H](O)[C@@H]1O[C@@H]1O[C@H](CO)[C@H](O)[C@H](O[C@]2(C(=O)O)C[C@H](O)[C@@H](NC(C)=O)[C@H]([C@H](O)[C@@H](CO)O[C@]3(C(=O)O)C[C@H](O)[C@@H](NC(C)=O)[C@H]([C@H](O)[C@H](O)CO)O3)O2)[C@H]1O. The number of rotatable bonds is 43. The molecule has 3 amide bonds. The van der Waals surface area contributed by atoms with Gasteiger partial charge >= 0.3 is 23.9 Å². The summed E-state index contributed by atoms with van der Waals surface area (Å²) in [6, 6.07) is -6.14. The summed E-state index contributed by atoms with van der Waals surface area (Å²) in [5, 5.41) is 421. The number of carboxylic acid groups (broad SMARTS) is 4. The van der Waals surface area contributed by atoms with Gasteiger partial charge in [0.05, 0.1) is 103 Å². The molecule has 10 rings (SSSR count). The van der Waals surface area contributed by atoms with Crippen molar-refractivity contribution >= 4 is 41.6 Å². The number of nitrogens with one attached hydrogen (secondary N) is 3. The molecule has 832 valence electrons. The first-order valence-electron chi connectivity index (χ1n) is 44.7. The standard InChI is InChI=1S/C78H127N3O63/c1-18(92)79-35-21(95)4-76(72(119)120,142-59(35)39(104)24(98)8-82)139-33(16-90)43(108)60-36(80-19(2)93)22(96)5-78(143-60,74(123)124)144-62-42(107)32(15-89)128-68(50(62)115)134-58-37(81-20(3)94)65(126-31(14-88)41(58)106)132-56-34(17-91)129-67(47(112)45(56)110)135-61-48(113)52(25(99)9-83)130-69(49(61)114)136-63-51(116)70(131-54(27(101)11-85)64(63)137-66-46(111)44(109)40(105)30(13-87)127-66)133-57-29(7-75(125,71(117)118)140-55(57)28(102)12-86)138-77(73(121)122)6-23(97)38(103)53(141-77)26(100)10-84/h21-70,82-91,95-116,125H,4-17H2,1-3H3,(H,79,92)(H,80,93)(H,81,94)(H,117,118)(H,119,120)(H,121,122)(H,123,124)/t21-,22-,23+,24+,25?,26+,27-,28+,29+,30+,31+,32+,33+,34+,35+,36+,37+,38+,39+,40+,41-,42-,43+,44-,45+,46+,47+,48+,49-,50+,51-,52+,53+,54+,55+,56-,57+,58+,59+,60+,61-,62-,63+,64+,65-,66-,67-,68-,69+,70+,75+,76+,77+,78-/m0/s1. The molecule has 10 heterocycles. The second-order valence-corrected chi connectivity index (χ2v) is 35.9. The van der Waals surface area contributed by atoms with E-state index in [0.29, 0.717) is 0 Å². The van der Waals surface area contributed by atoms with E-state index in [4.69, 9.17) is 90.0 Å². The van der Waals surface area contributed by atoms with E-state index >= 15 is 0 Å². The Morgan fingerprint density at radius 2 is 0.688 bits per heavy atom. The molecule has 40 N–H and O–H groups in total. The van der Waals surface area contributed by atoms with Crippen LogP contribution >= 0.6 is 0 Å². The van der Waals surface area contributed by atoms with E-state index in [-0.39, 0.29) is 0 Å². The molecule has 66 nitrogen and oxygen atoms in total. The molecule has 1 unspecified atom stereocenters. The maximum absolute atomic E-state index is 13.8. The fourth-order valence-electron chi connectivity index (χ4n) is 18.4. The molecule has 0 aromatic carbocycles. The summed E-state index contributed by atoms with van der Waals surface area (Å²) in [5.74, 6) is -26.8. The van der Waals surface area contributed by atoms with E-state index < -0.39 is 463 Å². The Labute approximate surface area is 809 Å². The number of carbonyl (C=O) groups excluding carboxylic acids is 3. The molecule has 0 aromatic rings. The van der Waals surface area contributed by atoms with Crippen LogP contribution in [0.2, 0.25) is 0 Å². The molecule has 10 aliphatic rings. The van der Waals surface area contributed by atoms with E-state index in [1.165, 1.54) is 0 Å². The van der Waals surface area contributed by atoms with E-state index in [1.807, 2.05) is 0 Å². The summed E-state index contributed by atoms with van der Waals surface area (Å²) in [6.45, 7) is -11.6. The molecule has 0 spiro atoms. The Morgan fingerprint density at radius 3 is 1.19 bits per heavy atom. The van der Waals surface area contributed by atoms with E-state index in [0.717, 1.165) is 20.8 Å². The summed E-state index contributed by atoms with van der Waals surface area (Å²) in [4.78, 5) is 91.8. The molecule has 10 saturated heterocycles. The summed E-state index contributed by atoms with van der Waals surface area (Å²) < 4.78 is 111. The van der Waals surface area contributed by atoms with Gasteiger partial charge in [0, 0.05) is 46.5 Å². The minimum absolute atomic E-state index is 0.797. The first-order chi connectivity index (χ1) is 67.6. The molecule has 0 radical (unpaired) electrons. The average molecular weight is 2110 g/mol. The lowest BCUT2D eigenvalue weighted by Gasteiger charge is -2.53. The first-order valence-corrected chi connectivity index (χ1v) is 44.7. The fourth-order valence-corrected chi connectivity index (χ4v) is 18.4. The largest absolute Gasteiger partial charge is 0.477 e. The number of carboxylic acids is 4. The summed E-state index contributed by atoms with van der Waals surface area (Å²) in [7, 11) is 0. The number of ether oxygens (including phenoxy) is 19. The summed E-state index contributed by atoms with van der Waals surface area (Å²) in [6.07, 6.45) is -123. The Balaban J connectivity index is 0.940. The molecular formula is C78H127N3O63. The molecule has 10 aliphatic heterocycles. The topological polar surface area (TPSA) is 1080 Å². The Morgan fingerprint density at radius 1 is 0.306 bits per heavy atom. The van der Waals surface area contributed by atoms with Gasteiger partial charge in [0.1, 0.15) is 232 Å². The maximum atomic E-state index is 13.8. The van der Waals surface area contributed by atoms with Gasteiger partial charge in [-0.2, -0.15) is 0 Å². The second-order valence-electron chi connectivity index (χ2n) is 35.9. The molecule has 0 saturated carbocycles. The van der Waals surface area contributed by atoms with Gasteiger partial charge in [-0.1, -0.05) is 0 Å². The molecule has 10 fully saturated rings. The maximum Gasteiger partial charge on any atom is 0.364 e. The van der Waals surface area contributed by atoms with Crippen molar-refractivity contribution in [2.24, 2.45) is 0 Å². The highest BCUT2D eigenvalue weighted by molar-refractivity contribution is 5.79. The van der Waals surface area contributed by atoms with Crippen LogP contribution < -0.4 is 16.0 Å². The van der Waals surface area contributed by atoms with Gasteiger partial charge in [-0.25, -0.2) is 19.2 Å². The lowest BCUT2D eigenvalue weighted by atomic mass is 9.87. The lowest BCUT2D eigenvalue weighted by molar-refractivity contribution is -0.417. The van der Waals surface area contributed by atoms with Crippen molar-refractivity contribution in [1.82, 2.24) is 16.0 Å². The van der Waals surface area contributed by atoms with Gasteiger partial charge in [-0.05, 0) is 0 Å². The monoisotopic (exact) mass is 2110 g/mol. The van der Waals surface area contributed by atoms with Crippen LogP contribution in [0.4, 0.5) is 0 Å². The van der Waals surface area contributed by atoms with Gasteiger partial charge in [0.15, 0.2) is 37.7 Å². The van der Waals surface area contributed by atoms with Crippen molar-refractivity contribution in [2.45, 2.75) is 376 Å². The zero-order valence-electron chi connectivity index (χ0n) is 75.9. The van der Waals surface area contributed by atoms with Crippen LogP contribution in [0.1, 0.15) is 46.5 Å². The third-order valence-electron chi connectivity index (χ3n) is 25.9. The third kappa shape index (κ3) is 25.4. The number of aliphatic hydroxyl groups excluding tert-OH is 32. The molecule has 54 atom stereocenters. The Hall–Kier alpha value is -5.79. The van der Waals surface area contributed by atoms with Gasteiger partial charge in [0.2, 0.25) is 17.7 Å². The zero-order valence-corrected chi connectivity index (χ0v) is 75.9. The van der Waals surface area contributed by atoms with Crippen LogP contribution in [0.5, 0.6) is 0 Å². The highest BCUT2D eigenvalue weighted by Crippen LogP contribution is 2.47. The van der Waals surface area contributed by atoms with E-state index in [1.54, 1.807) is 0 Å². The number of aliphatic hydroxyl groups is 33. The van der Waals surface area contributed by atoms with Crippen LogP contribution in [0.15, 0.2) is 0 Å². The van der Waals surface area contributed by atoms with Crippen molar-refractivity contribution in [3.8, 4) is 0 Å². The van der Waals surface area contributed by atoms with E-state index in [2.05, 4.69) is 16.0 Å². The number of amides is 3. The lowest BCUT2D eigenvalue weighted by Crippen LogP contribution is -2.72. The number of aliphatic carboxylic acids is 4. The van der Waals surface area contributed by atoms with Crippen LogP contribution in [0.25, 0.3) is 0 Å². The highest BCUT2D eigenvalue weighted by Gasteiger charge is 2.68. The van der Waals surface area contributed by atoms with Crippen LogP contribution in [-0.4, -0.2) is 626 Å². The summed E-state index contributed by atoms with van der Waals surface area (Å²) >= 11 is 0. The van der Waals surface area contributed by atoms with Crippen molar-refractivity contribution in [1.29, 1.82) is 0 Å². The van der Waals surface area contributed by atoms with E-state index in [9.17, 15) is 223 Å². The molecule has 0 aromatic heterocycles. The molecule has 66 heteroatoms. The second kappa shape index (κ2) is 50.2. The van der Waals surface area contributed by atoms with Crippen LogP contribution in [0.3, 0.4) is 0 Å². The quantitative estimate of drug-likeness (QED) is 0.0270. The normalized spacial score (nSPS) is 45.7. The predicted octanol–water partition coefficient (Wildman–Crippen LogP) is -25.5. The smallest absolute Gasteiger partial charge is 0.364 e. The molecule has 0 aliphatic carbocycles. The van der Waals surface area contributed by atoms with Crippen LogP contribution in [0, 0.1) is 0 Å². The first kappa shape index (κ1) is 120. The minimum atomic E-state index is -3.71. The Bertz CT molecular complexity index is 4150. The van der Waals surface area contributed by atoms with Crippen molar-refractivity contribution in [2.75, 3.05) is 66.1 Å². The zero-order chi connectivity index (χ0) is 107. The van der Waals surface area contributed by atoms with Gasteiger partial charge in [-0.15, -0.1) is 0 Å².